The lowest BCUT2D eigenvalue weighted by molar-refractivity contribution is -0.138. The maximum absolute atomic E-state index is 13.7. The molecular formula is C26H27FNO6P. The zero-order valence-electron chi connectivity index (χ0n) is 19.4. The molecule has 0 aliphatic rings. The van der Waals surface area contributed by atoms with Gasteiger partial charge in [0, 0.05) is 11.1 Å². The number of allylic oxidation sites excluding steroid dienone is 1. The first-order chi connectivity index (χ1) is 16.5. The molecule has 0 spiro atoms. The summed E-state index contributed by atoms with van der Waals surface area (Å²) in [7, 11) is -4.36. The Morgan fingerprint density at radius 3 is 2.34 bits per heavy atom. The molecule has 3 rings (SSSR count). The minimum Gasteiger partial charge on any atom is -0.481 e. The number of pyridine rings is 1. The van der Waals surface area contributed by atoms with Crippen LogP contribution in [0.2, 0.25) is 0 Å². The van der Waals surface area contributed by atoms with E-state index in [0.717, 1.165) is 11.1 Å². The maximum atomic E-state index is 13.7. The Kier molecular flexibility index (Phi) is 8.35. The van der Waals surface area contributed by atoms with Crippen LogP contribution in [0.3, 0.4) is 0 Å². The van der Waals surface area contributed by atoms with Crippen molar-refractivity contribution >= 4 is 19.1 Å². The smallest absolute Gasteiger partial charge is 0.331 e. The second-order valence-corrected chi connectivity index (χ2v) is 10.2. The number of rotatable bonds is 10. The number of aromatic nitrogens is 1. The number of benzene rings is 2. The number of aliphatic hydroxyl groups is 1. The van der Waals surface area contributed by atoms with E-state index in [0.29, 0.717) is 33.7 Å². The number of nitrogens with zero attached hydrogens (tertiary/aromatic N) is 1. The van der Waals surface area contributed by atoms with Gasteiger partial charge in [-0.3, -0.25) is 9.36 Å². The Bertz CT molecular complexity index is 1280. The number of aliphatic hydroxyl groups excluding tert-OH is 1. The standard InChI is InChI=1S/C26H27FNO6P/c1-16(2)25-22(14-34-35(32,33)15-21(29)13-23(30)31)24(18-9-11-20(27)12-10-18)17(3)26(28-25)19-7-5-4-6-8-19/h4-12,21,29H,1,13-15H2,2-3H3,(H,30,31)(H,32,33). The Hall–Kier alpha value is -3.16. The summed E-state index contributed by atoms with van der Waals surface area (Å²) in [6.07, 6.45) is -2.96. The van der Waals surface area contributed by atoms with E-state index in [2.05, 4.69) is 6.58 Å². The van der Waals surface area contributed by atoms with Gasteiger partial charge in [0.25, 0.3) is 0 Å². The molecule has 0 amide bonds. The summed E-state index contributed by atoms with van der Waals surface area (Å²) < 4.78 is 31.6. The predicted molar refractivity (Wildman–Crippen MR) is 132 cm³/mol. The molecular weight excluding hydrogens is 472 g/mol. The van der Waals surface area contributed by atoms with E-state index in [-0.39, 0.29) is 6.61 Å². The summed E-state index contributed by atoms with van der Waals surface area (Å²) in [5.74, 6) is -1.70. The van der Waals surface area contributed by atoms with Crippen molar-refractivity contribution in [3.05, 3.63) is 83.8 Å². The Labute approximate surface area is 203 Å². The molecule has 0 aliphatic carbocycles. The highest BCUT2D eigenvalue weighted by molar-refractivity contribution is 7.52. The highest BCUT2D eigenvalue weighted by atomic mass is 31.2. The molecule has 0 aliphatic heterocycles. The van der Waals surface area contributed by atoms with E-state index >= 15 is 0 Å². The van der Waals surface area contributed by atoms with Gasteiger partial charge in [-0.2, -0.15) is 0 Å². The Morgan fingerprint density at radius 2 is 1.77 bits per heavy atom. The van der Waals surface area contributed by atoms with Crippen LogP contribution in [0, 0.1) is 12.7 Å². The summed E-state index contributed by atoms with van der Waals surface area (Å²) >= 11 is 0. The van der Waals surface area contributed by atoms with Gasteiger partial charge >= 0.3 is 13.6 Å². The van der Waals surface area contributed by atoms with Crippen LogP contribution in [0.15, 0.2) is 61.2 Å². The van der Waals surface area contributed by atoms with Gasteiger partial charge in [0.2, 0.25) is 0 Å². The van der Waals surface area contributed by atoms with Crippen molar-refractivity contribution < 1.29 is 33.4 Å². The van der Waals surface area contributed by atoms with Crippen molar-refractivity contribution in [2.45, 2.75) is 33.0 Å². The molecule has 2 unspecified atom stereocenters. The SMILES string of the molecule is C=C(C)c1nc(-c2ccccc2)c(C)c(-c2ccc(F)cc2)c1COP(=O)(O)CC(O)CC(=O)O. The molecule has 0 fully saturated rings. The first-order valence-electron chi connectivity index (χ1n) is 10.9. The number of carboxylic acids is 1. The third-order valence-electron chi connectivity index (χ3n) is 5.39. The summed E-state index contributed by atoms with van der Waals surface area (Å²) in [6.45, 7) is 7.26. The molecule has 0 radical (unpaired) electrons. The van der Waals surface area contributed by atoms with Crippen LogP contribution in [0.25, 0.3) is 28.0 Å². The third kappa shape index (κ3) is 6.71. The number of carboxylic acid groups (broad SMARTS) is 1. The highest BCUT2D eigenvalue weighted by Gasteiger charge is 2.28. The van der Waals surface area contributed by atoms with E-state index in [1.54, 1.807) is 19.1 Å². The zero-order valence-corrected chi connectivity index (χ0v) is 20.3. The van der Waals surface area contributed by atoms with Crippen molar-refractivity contribution in [1.82, 2.24) is 4.98 Å². The summed E-state index contributed by atoms with van der Waals surface area (Å²) in [5.41, 5.74) is 5.12. The average molecular weight is 499 g/mol. The van der Waals surface area contributed by atoms with Crippen LogP contribution in [-0.2, 0) is 20.5 Å². The molecule has 3 aromatic rings. The van der Waals surface area contributed by atoms with Crippen molar-refractivity contribution in [3.8, 4) is 22.4 Å². The van der Waals surface area contributed by atoms with Crippen LogP contribution < -0.4 is 0 Å². The fourth-order valence-corrected chi connectivity index (χ4v) is 4.95. The lowest BCUT2D eigenvalue weighted by atomic mass is 9.90. The second-order valence-electron chi connectivity index (χ2n) is 8.29. The molecule has 7 nitrogen and oxygen atoms in total. The zero-order chi connectivity index (χ0) is 25.8. The highest BCUT2D eigenvalue weighted by Crippen LogP contribution is 2.46. The van der Waals surface area contributed by atoms with Crippen molar-refractivity contribution in [1.29, 1.82) is 0 Å². The molecule has 35 heavy (non-hydrogen) atoms. The molecule has 0 saturated heterocycles. The first-order valence-corrected chi connectivity index (χ1v) is 12.6. The topological polar surface area (TPSA) is 117 Å². The van der Waals surface area contributed by atoms with E-state index in [1.165, 1.54) is 12.1 Å². The third-order valence-corrected chi connectivity index (χ3v) is 6.80. The quantitative estimate of drug-likeness (QED) is 0.318. The van der Waals surface area contributed by atoms with E-state index in [4.69, 9.17) is 14.6 Å². The molecule has 2 aromatic carbocycles. The monoisotopic (exact) mass is 499 g/mol. The Morgan fingerprint density at radius 1 is 1.14 bits per heavy atom. The van der Waals surface area contributed by atoms with Gasteiger partial charge in [0.05, 0.1) is 36.7 Å². The van der Waals surface area contributed by atoms with Crippen LogP contribution >= 0.6 is 7.60 Å². The van der Waals surface area contributed by atoms with Crippen LogP contribution in [0.4, 0.5) is 4.39 Å². The summed E-state index contributed by atoms with van der Waals surface area (Å²) in [6, 6.07) is 15.3. The number of hydrogen-bond donors (Lipinski definition) is 3. The van der Waals surface area contributed by atoms with Gasteiger partial charge in [-0.25, -0.2) is 9.37 Å². The number of carbonyl (C=O) groups is 1. The fraction of sp³-hybridized carbons (Fsp3) is 0.231. The summed E-state index contributed by atoms with van der Waals surface area (Å²) in [5, 5.41) is 18.6. The van der Waals surface area contributed by atoms with Crippen molar-refractivity contribution in [2.75, 3.05) is 6.16 Å². The first kappa shape index (κ1) is 26.4. The van der Waals surface area contributed by atoms with Crippen molar-refractivity contribution in [2.24, 2.45) is 0 Å². The molecule has 2 atom stereocenters. The molecule has 1 heterocycles. The van der Waals surface area contributed by atoms with E-state index in [1.807, 2.05) is 37.3 Å². The molecule has 3 N–H and O–H groups in total. The fourth-order valence-electron chi connectivity index (χ4n) is 3.85. The molecule has 184 valence electrons. The normalized spacial score (nSPS) is 13.7. The second kappa shape index (κ2) is 11.1. The van der Waals surface area contributed by atoms with E-state index in [9.17, 15) is 23.7 Å². The van der Waals surface area contributed by atoms with Gasteiger partial charge in [-0.05, 0) is 48.2 Å². The minimum absolute atomic E-state index is 0.356. The largest absolute Gasteiger partial charge is 0.481 e. The minimum atomic E-state index is -4.36. The van der Waals surface area contributed by atoms with Gasteiger partial charge in [0.1, 0.15) is 5.82 Å². The lowest BCUT2D eigenvalue weighted by Crippen LogP contribution is -2.18. The lowest BCUT2D eigenvalue weighted by Gasteiger charge is -2.22. The predicted octanol–water partition coefficient (Wildman–Crippen LogP) is 5.43. The Balaban J connectivity index is 2.13. The number of aliphatic carboxylic acids is 1. The summed E-state index contributed by atoms with van der Waals surface area (Å²) in [4.78, 5) is 25.9. The maximum Gasteiger partial charge on any atom is 0.331 e. The molecule has 1 aromatic heterocycles. The van der Waals surface area contributed by atoms with Gasteiger partial charge in [-0.15, -0.1) is 0 Å². The van der Waals surface area contributed by atoms with Crippen LogP contribution in [-0.4, -0.2) is 38.3 Å². The van der Waals surface area contributed by atoms with E-state index < -0.39 is 38.1 Å². The van der Waals surface area contributed by atoms with Crippen LogP contribution in [0.5, 0.6) is 0 Å². The van der Waals surface area contributed by atoms with Crippen LogP contribution in [0.1, 0.15) is 30.2 Å². The number of hydrogen-bond acceptors (Lipinski definition) is 5. The van der Waals surface area contributed by atoms with Gasteiger partial charge in [0.15, 0.2) is 0 Å². The molecule has 0 bridgehead atoms. The van der Waals surface area contributed by atoms with Gasteiger partial charge < -0.3 is 19.6 Å². The van der Waals surface area contributed by atoms with Gasteiger partial charge in [-0.1, -0.05) is 49.0 Å². The van der Waals surface area contributed by atoms with Crippen molar-refractivity contribution in [3.63, 3.8) is 0 Å². The number of halogens is 1. The molecule has 9 heteroatoms. The molecule has 0 saturated carbocycles. The average Bonchev–Trinajstić information content (AvgIpc) is 2.78.